The number of cyclic esters (lactones) is 1. The van der Waals surface area contributed by atoms with Gasteiger partial charge in [0.05, 0.1) is 24.6 Å². The first kappa shape index (κ1) is 54.6. The number of aliphatic hydroxyl groups is 3. The van der Waals surface area contributed by atoms with E-state index in [1.165, 1.54) is 30.7 Å². The molecule has 11 atom stereocenters. The summed E-state index contributed by atoms with van der Waals surface area (Å²) in [6.45, 7) is 5.11. The molecule has 21 heteroatoms. The van der Waals surface area contributed by atoms with E-state index in [2.05, 4.69) is 16.0 Å². The summed E-state index contributed by atoms with van der Waals surface area (Å²) in [6.07, 6.45) is -4.73. The van der Waals surface area contributed by atoms with Gasteiger partial charge in [-0.25, -0.2) is 4.79 Å². The number of rotatable bonds is 11. The zero-order chi connectivity index (χ0) is 52.6. The van der Waals surface area contributed by atoms with Crippen LogP contribution in [-0.2, 0) is 60.7 Å². The second kappa shape index (κ2) is 24.1. The largest absolute Gasteiger partial charge is 0.481 e. The van der Waals surface area contributed by atoms with Gasteiger partial charge in [-0.3, -0.25) is 43.3 Å². The van der Waals surface area contributed by atoms with E-state index in [4.69, 9.17) is 4.74 Å². The van der Waals surface area contributed by atoms with Gasteiger partial charge in [-0.2, -0.15) is 0 Å². The topological polar surface area (TPSA) is 293 Å². The number of carbonyl (C=O) groups excluding carboxylic acids is 8. The summed E-state index contributed by atoms with van der Waals surface area (Å²) in [5, 5.41) is 50.6. The maximum absolute atomic E-state index is 15.0. The van der Waals surface area contributed by atoms with Crippen molar-refractivity contribution < 1.29 is 68.3 Å². The maximum atomic E-state index is 15.0. The number of likely N-dealkylation sites (N-methyl/N-ethyl adjacent to an activating group) is 1. The van der Waals surface area contributed by atoms with E-state index in [-0.39, 0.29) is 45.2 Å². The zero-order valence-electron chi connectivity index (χ0n) is 41.2. The Balaban J connectivity index is 1.41. The van der Waals surface area contributed by atoms with E-state index in [1.807, 2.05) is 0 Å². The van der Waals surface area contributed by atoms with E-state index in [1.54, 1.807) is 74.5 Å². The number of nitrogens with one attached hydrogen (secondary N) is 3. The molecule has 0 unspecified atom stereocenters. The number of ether oxygens (including phenoxy) is 1. The lowest BCUT2D eigenvalue weighted by Crippen LogP contribution is -2.63. The molecule has 0 aromatic heterocycles. The van der Waals surface area contributed by atoms with Crippen molar-refractivity contribution in [3.05, 3.63) is 83.6 Å². The lowest BCUT2D eigenvalue weighted by Gasteiger charge is -2.44. The number of amides is 7. The molecule has 2 aromatic rings. The van der Waals surface area contributed by atoms with E-state index in [9.17, 15) is 63.6 Å². The first-order valence-corrected chi connectivity index (χ1v) is 24.5. The number of carboxylic acids is 1. The number of aliphatic carboxylic acids is 1. The minimum atomic E-state index is -1.84. The number of esters is 1. The van der Waals surface area contributed by atoms with Gasteiger partial charge in [0.2, 0.25) is 41.4 Å². The van der Waals surface area contributed by atoms with Gasteiger partial charge in [-0.15, -0.1) is 0 Å². The Morgan fingerprint density at radius 3 is 2.12 bits per heavy atom. The third-order valence-electron chi connectivity index (χ3n) is 14.2. The van der Waals surface area contributed by atoms with Crippen molar-refractivity contribution in [1.29, 1.82) is 0 Å². The van der Waals surface area contributed by atoms with E-state index < -0.39 is 144 Å². The van der Waals surface area contributed by atoms with Crippen LogP contribution in [0.25, 0.3) is 0 Å². The molecular formula is C51H67N7O14. The Bertz CT molecular complexity index is 2370. The Kier molecular flexibility index (Phi) is 18.3. The summed E-state index contributed by atoms with van der Waals surface area (Å²) < 4.78 is 5.87. The van der Waals surface area contributed by atoms with E-state index >= 15 is 0 Å². The Hall–Kier alpha value is -6.71. The van der Waals surface area contributed by atoms with Gasteiger partial charge in [-0.1, -0.05) is 74.5 Å². The first-order chi connectivity index (χ1) is 34.2. The Labute approximate surface area is 417 Å². The van der Waals surface area contributed by atoms with E-state index in [0.29, 0.717) is 24.0 Å². The zero-order valence-corrected chi connectivity index (χ0v) is 41.2. The molecule has 3 fully saturated rings. The number of aliphatic hydroxyl groups excluding tert-OH is 3. The smallest absolute Gasteiger partial charge is 0.355 e. The van der Waals surface area contributed by atoms with Crippen molar-refractivity contribution in [2.24, 2.45) is 11.8 Å². The third-order valence-corrected chi connectivity index (χ3v) is 14.2. The average molecular weight is 1000 g/mol. The van der Waals surface area contributed by atoms with Crippen LogP contribution >= 0.6 is 0 Å². The molecule has 4 aliphatic heterocycles. The van der Waals surface area contributed by atoms with Crippen LogP contribution in [0.2, 0.25) is 0 Å². The van der Waals surface area contributed by atoms with Crippen molar-refractivity contribution in [1.82, 2.24) is 35.6 Å². The lowest BCUT2D eigenvalue weighted by molar-refractivity contribution is -0.159. The molecule has 6 rings (SSSR count). The highest BCUT2D eigenvalue weighted by atomic mass is 16.5. The molecule has 0 saturated carbocycles. The number of benzene rings is 2. The Morgan fingerprint density at radius 1 is 0.833 bits per heavy atom. The van der Waals surface area contributed by atoms with Gasteiger partial charge < -0.3 is 55.8 Å². The summed E-state index contributed by atoms with van der Waals surface area (Å²) in [6, 6.07) is 8.97. The van der Waals surface area contributed by atoms with Gasteiger partial charge in [0.15, 0.2) is 0 Å². The van der Waals surface area contributed by atoms with Gasteiger partial charge in [0.25, 0.3) is 0 Å². The molecule has 0 bridgehead atoms. The van der Waals surface area contributed by atoms with Gasteiger partial charge in [-0.05, 0) is 62.7 Å². The van der Waals surface area contributed by atoms with Crippen molar-refractivity contribution in [2.45, 2.75) is 140 Å². The summed E-state index contributed by atoms with van der Waals surface area (Å²) in [7, 11) is 1.32. The number of fused-ring (bicyclic) bond motifs is 3. The first-order valence-electron chi connectivity index (χ1n) is 24.5. The average Bonchev–Trinajstić information content (AvgIpc) is 3.36. The molecule has 4 aliphatic rings. The highest BCUT2D eigenvalue weighted by molar-refractivity contribution is 6.00. The molecule has 72 heavy (non-hydrogen) atoms. The van der Waals surface area contributed by atoms with Crippen LogP contribution in [0.15, 0.2) is 72.4 Å². The number of nitrogens with zero attached hydrogens (tertiary/aromatic N) is 4. The molecule has 7 amide bonds. The molecule has 4 heterocycles. The quantitative estimate of drug-likeness (QED) is 0.142. The SMILES string of the molecule is CC(C)[C@H](CC(=O)N(C)[C@H](Cc1ccccc1)C(=O)N[C@@H]1C(=O)NCC(=O)N2CC[C@@H](O)C[C@H]2C(=O)N[C@H](Cc2ccccc2)C(=O)N2CCCC[C@H]2C(=O)N2C(=C[C@@H](O)[C@@H](O)[C@@H]2C)C(=O)O[C@@H]1C)C(=O)O. The van der Waals surface area contributed by atoms with Gasteiger partial charge in [0.1, 0.15) is 54.2 Å². The predicted molar refractivity (Wildman–Crippen MR) is 256 cm³/mol. The van der Waals surface area contributed by atoms with Crippen molar-refractivity contribution in [3.8, 4) is 0 Å². The van der Waals surface area contributed by atoms with Crippen LogP contribution in [0.4, 0.5) is 0 Å². The fraction of sp³-hybridized carbons (Fsp3) is 0.549. The summed E-state index contributed by atoms with van der Waals surface area (Å²) in [5.74, 6) is -9.72. The number of carbonyl (C=O) groups is 9. The molecular weight excluding hydrogens is 935 g/mol. The van der Waals surface area contributed by atoms with Crippen LogP contribution in [-0.4, -0.2) is 181 Å². The molecule has 0 spiro atoms. The van der Waals surface area contributed by atoms with Crippen LogP contribution in [0.1, 0.15) is 77.3 Å². The second-order valence-corrected chi connectivity index (χ2v) is 19.5. The minimum absolute atomic E-state index is 0.0352. The van der Waals surface area contributed by atoms with Crippen molar-refractivity contribution in [2.75, 3.05) is 26.7 Å². The predicted octanol–water partition coefficient (Wildman–Crippen LogP) is -0.354. The fourth-order valence-corrected chi connectivity index (χ4v) is 9.78. The third kappa shape index (κ3) is 12.8. The van der Waals surface area contributed by atoms with E-state index in [0.717, 1.165) is 15.9 Å². The van der Waals surface area contributed by atoms with Crippen LogP contribution < -0.4 is 16.0 Å². The molecule has 21 nitrogen and oxygen atoms in total. The second-order valence-electron chi connectivity index (χ2n) is 19.5. The van der Waals surface area contributed by atoms with Crippen LogP contribution in [0, 0.1) is 11.8 Å². The molecule has 0 aliphatic carbocycles. The number of carboxylic acid groups (broad SMARTS) is 1. The highest BCUT2D eigenvalue weighted by Crippen LogP contribution is 2.30. The number of piperidine rings is 2. The number of hydrogen-bond acceptors (Lipinski definition) is 13. The number of hydrogen-bond donors (Lipinski definition) is 7. The summed E-state index contributed by atoms with van der Waals surface area (Å²) in [5.41, 5.74) is 0.704. The minimum Gasteiger partial charge on any atom is -0.481 e. The fourth-order valence-electron chi connectivity index (χ4n) is 9.78. The normalized spacial score (nSPS) is 27.8. The van der Waals surface area contributed by atoms with Gasteiger partial charge in [0, 0.05) is 45.8 Å². The van der Waals surface area contributed by atoms with Gasteiger partial charge >= 0.3 is 11.9 Å². The Morgan fingerprint density at radius 2 is 1.49 bits per heavy atom. The summed E-state index contributed by atoms with van der Waals surface area (Å²) >= 11 is 0. The lowest BCUT2D eigenvalue weighted by atomic mass is 9.91. The molecule has 7 N–H and O–H groups in total. The standard InChI is InChI=1S/C51H67N7O14/c1-28(2)34(50(69)70)25-41(61)55(5)37(23-32-16-10-7-11-17-32)45(64)54-43-30(4)72-51(71)39-26-40(60)44(63)29(3)58(39)49(68)36-18-12-13-20-57(36)48(67)35(22-31-14-8-6-9-15-31)53-46(65)38-24-33(59)19-21-56(38)42(62)27-52-47(43)66/h6-11,14-17,26,28-30,33-38,40,43-44,59-60,63H,12-13,18-25,27H2,1-5H3,(H,52,66)(H,53,65)(H,54,64)(H,69,70)/t29-,30+,33+,34-,35+,36-,37+,38-,40+,43-,44-/m0/s1. The molecule has 3 saturated heterocycles. The maximum Gasteiger partial charge on any atom is 0.355 e. The van der Waals surface area contributed by atoms with Crippen LogP contribution in [0.3, 0.4) is 0 Å². The van der Waals surface area contributed by atoms with Crippen molar-refractivity contribution in [3.63, 3.8) is 0 Å². The summed E-state index contributed by atoms with van der Waals surface area (Å²) in [4.78, 5) is 132. The molecule has 390 valence electrons. The molecule has 0 radical (unpaired) electrons. The highest BCUT2D eigenvalue weighted by Gasteiger charge is 2.47. The van der Waals surface area contributed by atoms with Crippen molar-refractivity contribution >= 4 is 53.3 Å². The monoisotopic (exact) mass is 1000 g/mol. The van der Waals surface area contributed by atoms with Crippen LogP contribution in [0.5, 0.6) is 0 Å². The molecule has 2 aromatic carbocycles.